The lowest BCUT2D eigenvalue weighted by molar-refractivity contribution is -0.617. The molecule has 14 rings (SSSR count). The second-order valence-electron chi connectivity index (χ2n) is 16.0. The number of rotatable bonds is 1. The van der Waals surface area contributed by atoms with Crippen LogP contribution in [0.25, 0.3) is 104 Å². The van der Waals surface area contributed by atoms with Crippen molar-refractivity contribution in [2.45, 2.75) is 6.92 Å². The number of imidazole rings is 1. The molecular weight excluding hydrogens is 679 g/mol. The summed E-state index contributed by atoms with van der Waals surface area (Å²) in [4.78, 5) is 0. The average Bonchev–Trinajstić information content (AvgIpc) is 3.88. The molecule has 0 unspecified atom stereocenters. The third-order valence-corrected chi connectivity index (χ3v) is 13.4. The van der Waals surface area contributed by atoms with Gasteiger partial charge < -0.3 is 9.13 Å². The SMILES string of the molecule is Cc1cccc2c3ccc(-c4cc5c6c(c4)-n4c7ccccc7c7cccc(c74)B6c4cccc6c7ccccc7n-5c46)cc3n3c4ccccc4[n+](C)c3c12. The summed E-state index contributed by atoms with van der Waals surface area (Å²) in [6.45, 7) is 2.36. The Morgan fingerprint density at radius 3 is 1.70 bits per heavy atom. The lowest BCUT2D eigenvalue weighted by atomic mass is 9.34. The van der Waals surface area contributed by atoms with Gasteiger partial charge in [-0.1, -0.05) is 109 Å². The molecule has 0 radical (unpaired) electrons. The second-order valence-corrected chi connectivity index (χ2v) is 16.0. The van der Waals surface area contributed by atoms with E-state index in [0.717, 1.165) is 0 Å². The van der Waals surface area contributed by atoms with Crippen molar-refractivity contribution in [1.29, 1.82) is 0 Å². The number of hydrogen-bond acceptors (Lipinski definition) is 0. The quantitative estimate of drug-likeness (QED) is 0.0918. The molecule has 0 bridgehead atoms. The third-order valence-electron chi connectivity index (χ3n) is 13.4. The van der Waals surface area contributed by atoms with Crippen LogP contribution in [-0.2, 0) is 7.05 Å². The highest BCUT2D eigenvalue weighted by Gasteiger charge is 2.41. The van der Waals surface area contributed by atoms with E-state index in [2.05, 4.69) is 190 Å². The number of hydrogen-bond donors (Lipinski definition) is 0. The Kier molecular flexibility index (Phi) is 5.20. The fraction of sp³-hybridized carbons (Fsp3) is 0.0392. The van der Waals surface area contributed by atoms with Crippen LogP contribution < -0.4 is 21.0 Å². The summed E-state index contributed by atoms with van der Waals surface area (Å²) in [6, 6.07) is 59.6. The number of aromatic nitrogens is 4. The van der Waals surface area contributed by atoms with Crippen LogP contribution in [0.1, 0.15) is 5.56 Å². The van der Waals surface area contributed by atoms with Gasteiger partial charge in [-0.2, -0.15) is 4.40 Å². The van der Waals surface area contributed by atoms with E-state index in [9.17, 15) is 0 Å². The molecule has 0 N–H and O–H groups in total. The molecule has 0 aliphatic carbocycles. The zero-order valence-electron chi connectivity index (χ0n) is 30.9. The van der Waals surface area contributed by atoms with Crippen molar-refractivity contribution in [2.24, 2.45) is 7.05 Å². The monoisotopic (exact) mass is 711 g/mol. The summed E-state index contributed by atoms with van der Waals surface area (Å²) in [6.07, 6.45) is 0. The van der Waals surface area contributed by atoms with Crippen molar-refractivity contribution in [3.8, 4) is 22.5 Å². The first-order valence-electron chi connectivity index (χ1n) is 19.6. The molecule has 12 aromatic rings. The van der Waals surface area contributed by atoms with Gasteiger partial charge in [-0.3, -0.25) is 0 Å². The molecule has 5 heteroatoms. The smallest absolute Gasteiger partial charge is 0.295 e. The van der Waals surface area contributed by atoms with Gasteiger partial charge in [0.05, 0.1) is 23.5 Å². The van der Waals surface area contributed by atoms with Crippen molar-refractivity contribution in [3.63, 3.8) is 0 Å². The molecular formula is C51H32BN4+. The largest absolute Gasteiger partial charge is 0.310 e. The lowest BCUT2D eigenvalue weighted by Gasteiger charge is -2.34. The Hall–Kier alpha value is -7.11. The molecule has 6 heterocycles. The molecule has 0 spiro atoms. The molecule has 2 aliphatic heterocycles. The third kappa shape index (κ3) is 3.30. The van der Waals surface area contributed by atoms with Crippen LogP contribution in [0.3, 0.4) is 0 Å². The number of aryl methyl sites for hydroxylation is 2. The van der Waals surface area contributed by atoms with E-state index in [4.69, 9.17) is 0 Å². The number of pyridine rings is 1. The molecule has 8 aromatic carbocycles. The van der Waals surface area contributed by atoms with Crippen LogP contribution in [-0.4, -0.2) is 20.2 Å². The van der Waals surface area contributed by atoms with E-state index in [1.807, 2.05) is 0 Å². The van der Waals surface area contributed by atoms with Crippen molar-refractivity contribution >= 4 is 105 Å². The van der Waals surface area contributed by atoms with E-state index in [-0.39, 0.29) is 6.71 Å². The van der Waals surface area contributed by atoms with E-state index in [1.165, 1.54) is 126 Å². The predicted octanol–water partition coefficient (Wildman–Crippen LogP) is 9.54. The standard InChI is InChI=1S/C51H32BN4/c1-29-12-9-15-35-34-25-24-30(26-44(34)56-43-23-8-7-22-42(43)53(2)51(56)47(29)35)31-27-45-48-46(28-31)55-41-21-6-4-14-33(41)37-17-11-19-39(50(37)55)52(48)38-18-10-16-36-32-13-3-5-20-40(32)54(45)49(36)38/h3-28H,1-2H3/q+1. The highest BCUT2D eigenvalue weighted by atomic mass is 15.1. The average molecular weight is 712 g/mol. The normalized spacial score (nSPS) is 13.1. The van der Waals surface area contributed by atoms with Crippen molar-refractivity contribution in [3.05, 3.63) is 163 Å². The van der Waals surface area contributed by atoms with E-state index < -0.39 is 0 Å². The van der Waals surface area contributed by atoms with Gasteiger partial charge in [0.2, 0.25) is 0 Å². The van der Waals surface area contributed by atoms with E-state index >= 15 is 0 Å². The number of nitrogens with zero attached hydrogens (tertiary/aromatic N) is 4. The fourth-order valence-corrected chi connectivity index (χ4v) is 11.1. The summed E-state index contributed by atoms with van der Waals surface area (Å²) < 4.78 is 10.0. The first-order chi connectivity index (χ1) is 27.7. The maximum Gasteiger partial charge on any atom is 0.295 e. The predicted molar refractivity (Wildman–Crippen MR) is 235 cm³/mol. The van der Waals surface area contributed by atoms with Gasteiger partial charge in [0.1, 0.15) is 5.52 Å². The zero-order valence-corrected chi connectivity index (χ0v) is 30.9. The van der Waals surface area contributed by atoms with Crippen LogP contribution >= 0.6 is 0 Å². The van der Waals surface area contributed by atoms with Gasteiger partial charge in [0.25, 0.3) is 12.4 Å². The molecule has 0 saturated carbocycles. The molecule has 0 amide bonds. The molecule has 4 aromatic heterocycles. The highest BCUT2D eigenvalue weighted by molar-refractivity contribution is 7.00. The van der Waals surface area contributed by atoms with Gasteiger partial charge in [0, 0.05) is 54.7 Å². The first kappa shape index (κ1) is 29.3. The summed E-state index contributed by atoms with van der Waals surface area (Å²) >= 11 is 0. The number of benzene rings is 8. The van der Waals surface area contributed by atoms with E-state index in [1.54, 1.807) is 0 Å². The second kappa shape index (κ2) is 9.95. The molecule has 0 atom stereocenters. The summed E-state index contributed by atoms with van der Waals surface area (Å²) in [7, 11) is 2.21. The minimum Gasteiger partial charge on any atom is -0.310 e. The Balaban J connectivity index is 1.17. The summed E-state index contributed by atoms with van der Waals surface area (Å²) in [5.74, 6) is 0. The minimum atomic E-state index is 0.118. The number of para-hydroxylation sites is 6. The molecule has 0 saturated heterocycles. The highest BCUT2D eigenvalue weighted by Crippen LogP contribution is 2.42. The van der Waals surface area contributed by atoms with Gasteiger partial charge in [0.15, 0.2) is 11.0 Å². The lowest BCUT2D eigenvalue weighted by Crippen LogP contribution is -2.59. The first-order valence-corrected chi connectivity index (χ1v) is 19.6. The van der Waals surface area contributed by atoms with Gasteiger partial charge in [-0.05, 0) is 88.5 Å². The van der Waals surface area contributed by atoms with Crippen molar-refractivity contribution in [1.82, 2.24) is 13.5 Å². The molecule has 4 nitrogen and oxygen atoms in total. The summed E-state index contributed by atoms with van der Waals surface area (Å²) in [5, 5.41) is 9.09. The van der Waals surface area contributed by atoms with Crippen LogP contribution in [0.2, 0.25) is 0 Å². The van der Waals surface area contributed by atoms with E-state index in [0.29, 0.717) is 0 Å². The Morgan fingerprint density at radius 1 is 0.464 bits per heavy atom. The molecule has 258 valence electrons. The number of fused-ring (bicyclic) bond motifs is 18. The maximum absolute atomic E-state index is 2.57. The van der Waals surface area contributed by atoms with Crippen molar-refractivity contribution in [2.75, 3.05) is 0 Å². The van der Waals surface area contributed by atoms with Crippen LogP contribution in [0, 0.1) is 6.92 Å². The molecule has 2 aliphatic rings. The molecule has 0 fully saturated rings. The van der Waals surface area contributed by atoms with Crippen molar-refractivity contribution < 1.29 is 4.57 Å². The Morgan fingerprint density at radius 2 is 1.02 bits per heavy atom. The maximum atomic E-state index is 2.57. The zero-order chi connectivity index (χ0) is 36.6. The fourth-order valence-electron chi connectivity index (χ4n) is 11.1. The van der Waals surface area contributed by atoms with Gasteiger partial charge in [-0.25, -0.2) is 4.57 Å². The van der Waals surface area contributed by atoms with Crippen LogP contribution in [0.5, 0.6) is 0 Å². The topological polar surface area (TPSA) is 18.1 Å². The Bertz CT molecular complexity index is 3660. The van der Waals surface area contributed by atoms with Crippen LogP contribution in [0.4, 0.5) is 0 Å². The Labute approximate surface area is 321 Å². The van der Waals surface area contributed by atoms with Crippen LogP contribution in [0.15, 0.2) is 158 Å². The van der Waals surface area contributed by atoms with Gasteiger partial charge in [-0.15, -0.1) is 0 Å². The van der Waals surface area contributed by atoms with Gasteiger partial charge >= 0.3 is 0 Å². The summed E-state index contributed by atoms with van der Waals surface area (Å²) in [5.41, 5.74) is 20.4. The molecule has 56 heavy (non-hydrogen) atoms. The minimum absolute atomic E-state index is 0.118.